The van der Waals surface area contributed by atoms with Gasteiger partial charge in [0.15, 0.2) is 11.5 Å². The quantitative estimate of drug-likeness (QED) is 0.748. The maximum Gasteiger partial charge on any atom is 0.223 e. The zero-order valence-electron chi connectivity index (χ0n) is 13.3. The van der Waals surface area contributed by atoms with Crippen LogP contribution in [0.4, 0.5) is 0 Å². The van der Waals surface area contributed by atoms with Crippen LogP contribution in [-0.4, -0.2) is 26.2 Å². The van der Waals surface area contributed by atoms with Crippen molar-refractivity contribution >= 4 is 5.91 Å². The van der Waals surface area contributed by atoms with Gasteiger partial charge in [-0.1, -0.05) is 23.8 Å². The number of ether oxygens (including phenoxy) is 2. The van der Waals surface area contributed by atoms with Gasteiger partial charge in [0.25, 0.3) is 0 Å². The van der Waals surface area contributed by atoms with Gasteiger partial charge in [0.05, 0.1) is 20.1 Å². The number of hydrogen-bond donors (Lipinski definition) is 1. The molecule has 0 spiro atoms. The second-order valence-corrected chi connectivity index (χ2v) is 5.46. The van der Waals surface area contributed by atoms with Crippen LogP contribution in [0, 0.1) is 0 Å². The lowest BCUT2D eigenvalue weighted by Crippen LogP contribution is -2.26. The minimum atomic E-state index is 0.0336. The second-order valence-electron chi connectivity index (χ2n) is 5.46. The van der Waals surface area contributed by atoms with E-state index in [2.05, 4.69) is 11.4 Å². The summed E-state index contributed by atoms with van der Waals surface area (Å²) < 4.78 is 10.8. The van der Waals surface area contributed by atoms with E-state index in [1.165, 1.54) is 31.3 Å². The topological polar surface area (TPSA) is 47.6 Å². The number of methoxy groups -OCH3 is 1. The molecule has 1 aliphatic carbocycles. The molecule has 1 aromatic rings. The fourth-order valence-electron chi connectivity index (χ4n) is 2.57. The number of amides is 1. The molecule has 120 valence electrons. The maximum atomic E-state index is 11.8. The number of benzene rings is 1. The monoisotopic (exact) mass is 303 g/mol. The molecule has 0 radical (unpaired) electrons. The average Bonchev–Trinajstić information content (AvgIpc) is 2.56. The third kappa shape index (κ3) is 5.43. The predicted octanol–water partition coefficient (Wildman–Crippen LogP) is 3.47. The smallest absolute Gasteiger partial charge is 0.223 e. The molecule has 0 atom stereocenters. The van der Waals surface area contributed by atoms with Gasteiger partial charge in [-0.25, -0.2) is 0 Å². The normalized spacial score (nSPS) is 14.1. The van der Waals surface area contributed by atoms with Crippen LogP contribution in [0.25, 0.3) is 0 Å². The van der Waals surface area contributed by atoms with Crippen LogP contribution < -0.4 is 14.8 Å². The number of carbonyl (C=O) groups excluding carboxylic acids is 1. The Morgan fingerprint density at radius 1 is 1.23 bits per heavy atom. The third-order valence-corrected chi connectivity index (χ3v) is 3.81. The Morgan fingerprint density at radius 3 is 2.77 bits per heavy atom. The van der Waals surface area contributed by atoms with E-state index in [9.17, 15) is 4.79 Å². The summed E-state index contributed by atoms with van der Waals surface area (Å²) in [7, 11) is 1.61. The Hall–Kier alpha value is -1.97. The van der Waals surface area contributed by atoms with Crippen molar-refractivity contribution in [1.29, 1.82) is 0 Å². The van der Waals surface area contributed by atoms with Gasteiger partial charge in [0, 0.05) is 6.54 Å². The average molecular weight is 303 g/mol. The van der Waals surface area contributed by atoms with Crippen LogP contribution in [0.5, 0.6) is 11.5 Å². The van der Waals surface area contributed by atoms with Gasteiger partial charge in [0.1, 0.15) is 0 Å². The lowest BCUT2D eigenvalue weighted by atomic mass is 9.97. The number of hydrogen-bond acceptors (Lipinski definition) is 3. The standard InChI is InChI=1S/C18H25NO3/c1-21-16-9-5-6-10-17(16)22-14-12-18(20)19-13-11-15-7-3-2-4-8-15/h5-7,9-10H,2-4,8,11-14H2,1H3,(H,19,20). The molecule has 0 bridgehead atoms. The Bertz CT molecular complexity index is 511. The van der Waals surface area contributed by atoms with E-state index in [1.54, 1.807) is 7.11 Å². The zero-order valence-corrected chi connectivity index (χ0v) is 13.3. The van der Waals surface area contributed by atoms with E-state index in [1.807, 2.05) is 24.3 Å². The first-order chi connectivity index (χ1) is 10.8. The molecule has 0 fully saturated rings. The first-order valence-electron chi connectivity index (χ1n) is 8.00. The fourth-order valence-corrected chi connectivity index (χ4v) is 2.57. The number of carbonyl (C=O) groups is 1. The molecule has 4 heteroatoms. The largest absolute Gasteiger partial charge is 0.493 e. The Morgan fingerprint density at radius 2 is 2.05 bits per heavy atom. The summed E-state index contributed by atoms with van der Waals surface area (Å²) in [6.45, 7) is 1.08. The zero-order chi connectivity index (χ0) is 15.6. The molecule has 0 saturated carbocycles. The van der Waals surface area contributed by atoms with Crippen molar-refractivity contribution in [3.63, 3.8) is 0 Å². The minimum absolute atomic E-state index is 0.0336. The SMILES string of the molecule is COc1ccccc1OCCC(=O)NCCC1=CCCCC1. The van der Waals surface area contributed by atoms with Gasteiger partial charge in [-0.3, -0.25) is 4.79 Å². The van der Waals surface area contributed by atoms with Gasteiger partial charge in [0.2, 0.25) is 5.91 Å². The van der Waals surface area contributed by atoms with Crippen molar-refractivity contribution in [3.05, 3.63) is 35.9 Å². The van der Waals surface area contributed by atoms with E-state index in [0.717, 1.165) is 13.0 Å². The Labute approximate surface area is 132 Å². The minimum Gasteiger partial charge on any atom is -0.493 e. The van der Waals surface area contributed by atoms with Crippen molar-refractivity contribution in [1.82, 2.24) is 5.32 Å². The van der Waals surface area contributed by atoms with Crippen LogP contribution in [0.3, 0.4) is 0 Å². The molecule has 0 heterocycles. The molecule has 1 N–H and O–H groups in total. The Balaban J connectivity index is 1.62. The fraction of sp³-hybridized carbons (Fsp3) is 0.500. The Kier molecular flexibility index (Phi) is 6.81. The van der Waals surface area contributed by atoms with Crippen LogP contribution in [0.2, 0.25) is 0 Å². The number of para-hydroxylation sites is 2. The van der Waals surface area contributed by atoms with Crippen molar-refractivity contribution in [3.8, 4) is 11.5 Å². The summed E-state index contributed by atoms with van der Waals surface area (Å²) in [5.74, 6) is 1.39. The summed E-state index contributed by atoms with van der Waals surface area (Å²) >= 11 is 0. The molecule has 4 nitrogen and oxygen atoms in total. The molecule has 0 aromatic heterocycles. The summed E-state index contributed by atoms with van der Waals surface area (Å²) in [6.07, 6.45) is 8.61. The van der Waals surface area contributed by atoms with E-state index < -0.39 is 0 Å². The predicted molar refractivity (Wildman–Crippen MR) is 87.3 cm³/mol. The highest BCUT2D eigenvalue weighted by Gasteiger charge is 2.07. The van der Waals surface area contributed by atoms with Gasteiger partial charge < -0.3 is 14.8 Å². The molecule has 22 heavy (non-hydrogen) atoms. The molecular formula is C18H25NO3. The van der Waals surface area contributed by atoms with Crippen molar-refractivity contribution in [2.24, 2.45) is 0 Å². The molecule has 1 amide bonds. The molecule has 0 unspecified atom stereocenters. The van der Waals surface area contributed by atoms with Crippen LogP contribution >= 0.6 is 0 Å². The number of rotatable bonds is 8. The first-order valence-corrected chi connectivity index (χ1v) is 8.00. The van der Waals surface area contributed by atoms with Crippen LogP contribution in [-0.2, 0) is 4.79 Å². The molecule has 0 aliphatic heterocycles. The number of allylic oxidation sites excluding steroid dienone is 1. The van der Waals surface area contributed by atoms with Crippen molar-refractivity contribution in [2.75, 3.05) is 20.3 Å². The van der Waals surface area contributed by atoms with Gasteiger partial charge in [-0.15, -0.1) is 0 Å². The first kappa shape index (κ1) is 16.4. The highest BCUT2D eigenvalue weighted by Crippen LogP contribution is 2.25. The third-order valence-electron chi connectivity index (χ3n) is 3.81. The van der Waals surface area contributed by atoms with E-state index in [4.69, 9.17) is 9.47 Å². The van der Waals surface area contributed by atoms with Crippen molar-refractivity contribution in [2.45, 2.75) is 38.5 Å². The van der Waals surface area contributed by atoms with Crippen LogP contribution in [0.15, 0.2) is 35.9 Å². The molecule has 0 saturated heterocycles. The molecular weight excluding hydrogens is 278 g/mol. The molecule has 2 rings (SSSR count). The molecule has 1 aliphatic rings. The summed E-state index contributed by atoms with van der Waals surface area (Å²) in [6, 6.07) is 7.45. The van der Waals surface area contributed by atoms with E-state index in [-0.39, 0.29) is 5.91 Å². The van der Waals surface area contributed by atoms with Crippen molar-refractivity contribution < 1.29 is 14.3 Å². The maximum absolute atomic E-state index is 11.8. The number of nitrogens with one attached hydrogen (secondary N) is 1. The lowest BCUT2D eigenvalue weighted by molar-refractivity contribution is -0.121. The van der Waals surface area contributed by atoms with Gasteiger partial charge in [-0.05, 0) is 44.2 Å². The van der Waals surface area contributed by atoms with E-state index >= 15 is 0 Å². The lowest BCUT2D eigenvalue weighted by Gasteiger charge is -2.13. The highest BCUT2D eigenvalue weighted by atomic mass is 16.5. The summed E-state index contributed by atoms with van der Waals surface area (Å²) in [5.41, 5.74) is 1.48. The van der Waals surface area contributed by atoms with Gasteiger partial charge in [-0.2, -0.15) is 0 Å². The summed E-state index contributed by atoms with van der Waals surface area (Å²) in [5, 5.41) is 2.95. The summed E-state index contributed by atoms with van der Waals surface area (Å²) in [4.78, 5) is 11.8. The van der Waals surface area contributed by atoms with Crippen LogP contribution in [0.1, 0.15) is 38.5 Å². The second kappa shape index (κ2) is 9.13. The highest BCUT2D eigenvalue weighted by molar-refractivity contribution is 5.76. The molecule has 1 aromatic carbocycles. The van der Waals surface area contributed by atoms with Gasteiger partial charge >= 0.3 is 0 Å². The van der Waals surface area contributed by atoms with E-state index in [0.29, 0.717) is 24.5 Å².